The highest BCUT2D eigenvalue weighted by molar-refractivity contribution is 5.79. The van der Waals surface area contributed by atoms with Gasteiger partial charge in [0.1, 0.15) is 17.2 Å². The van der Waals surface area contributed by atoms with E-state index < -0.39 is 0 Å². The second-order valence-electron chi connectivity index (χ2n) is 5.39. The summed E-state index contributed by atoms with van der Waals surface area (Å²) in [5, 5.41) is 6.64. The van der Waals surface area contributed by atoms with Gasteiger partial charge in [0.15, 0.2) is 5.96 Å². The van der Waals surface area contributed by atoms with E-state index in [1.165, 1.54) is 12.8 Å². The van der Waals surface area contributed by atoms with E-state index in [-0.39, 0.29) is 0 Å². The van der Waals surface area contributed by atoms with Crippen LogP contribution in [-0.4, -0.2) is 47.4 Å². The van der Waals surface area contributed by atoms with Crippen molar-refractivity contribution in [3.05, 3.63) is 17.7 Å². The largest absolute Gasteiger partial charge is 0.496 e. The van der Waals surface area contributed by atoms with E-state index in [0.29, 0.717) is 5.75 Å². The molecule has 2 N–H and O–H groups in total. The third-order valence-electron chi connectivity index (χ3n) is 3.78. The highest BCUT2D eigenvalue weighted by Gasteiger charge is 2.13. The molecular weight excluding hydrogens is 306 g/mol. The summed E-state index contributed by atoms with van der Waals surface area (Å²) in [6, 6.07) is 3.74. The number of guanidine groups is 1. The zero-order chi connectivity index (χ0) is 17.8. The SMILES string of the molecule is CCCCCNC(=NC)NCCc1c(OC)cc(OC)cc1OC. The number of aliphatic imine (C=N–C) groups is 1. The maximum absolute atomic E-state index is 5.47. The van der Waals surface area contributed by atoms with Gasteiger partial charge in [-0.25, -0.2) is 0 Å². The van der Waals surface area contributed by atoms with E-state index >= 15 is 0 Å². The summed E-state index contributed by atoms with van der Waals surface area (Å²) in [4.78, 5) is 4.24. The van der Waals surface area contributed by atoms with Gasteiger partial charge < -0.3 is 24.8 Å². The fourth-order valence-corrected chi connectivity index (χ4v) is 2.43. The second-order valence-corrected chi connectivity index (χ2v) is 5.39. The van der Waals surface area contributed by atoms with Gasteiger partial charge in [-0.05, 0) is 12.8 Å². The Labute approximate surface area is 145 Å². The minimum absolute atomic E-state index is 0.716. The van der Waals surface area contributed by atoms with Gasteiger partial charge in [0, 0.05) is 37.8 Å². The first-order valence-corrected chi connectivity index (χ1v) is 8.43. The van der Waals surface area contributed by atoms with Crippen LogP contribution in [0.5, 0.6) is 17.2 Å². The van der Waals surface area contributed by atoms with Gasteiger partial charge in [-0.1, -0.05) is 19.8 Å². The predicted molar refractivity (Wildman–Crippen MR) is 98.7 cm³/mol. The molecule has 0 heterocycles. The summed E-state index contributed by atoms with van der Waals surface area (Å²) in [6.07, 6.45) is 4.35. The molecular formula is C18H31N3O3. The predicted octanol–water partition coefficient (Wildman–Crippen LogP) is 2.61. The Morgan fingerprint density at radius 3 is 2.08 bits per heavy atom. The molecule has 0 saturated heterocycles. The van der Waals surface area contributed by atoms with Crippen molar-refractivity contribution in [3.8, 4) is 17.2 Å². The molecule has 6 heteroatoms. The average molecular weight is 337 g/mol. The lowest BCUT2D eigenvalue weighted by molar-refractivity contribution is 0.368. The number of hydrogen-bond acceptors (Lipinski definition) is 4. The van der Waals surface area contributed by atoms with Crippen LogP contribution in [-0.2, 0) is 6.42 Å². The quantitative estimate of drug-likeness (QED) is 0.390. The summed E-state index contributed by atoms with van der Waals surface area (Å²) in [6.45, 7) is 3.86. The summed E-state index contributed by atoms with van der Waals surface area (Å²) in [7, 11) is 6.71. The number of benzene rings is 1. The molecule has 0 aliphatic heterocycles. The molecule has 0 saturated carbocycles. The van der Waals surface area contributed by atoms with E-state index in [9.17, 15) is 0 Å². The van der Waals surface area contributed by atoms with Gasteiger partial charge >= 0.3 is 0 Å². The first-order chi connectivity index (χ1) is 11.7. The number of hydrogen-bond donors (Lipinski definition) is 2. The highest BCUT2D eigenvalue weighted by Crippen LogP contribution is 2.34. The van der Waals surface area contributed by atoms with Crippen LogP contribution in [0.15, 0.2) is 17.1 Å². The van der Waals surface area contributed by atoms with E-state index in [0.717, 1.165) is 49.0 Å². The molecule has 1 aromatic rings. The Morgan fingerprint density at radius 2 is 1.58 bits per heavy atom. The van der Waals surface area contributed by atoms with Crippen molar-refractivity contribution in [3.63, 3.8) is 0 Å². The van der Waals surface area contributed by atoms with Gasteiger partial charge in [0.2, 0.25) is 0 Å². The van der Waals surface area contributed by atoms with Gasteiger partial charge in [-0.15, -0.1) is 0 Å². The normalized spacial score (nSPS) is 11.1. The Hall–Kier alpha value is -2.11. The third kappa shape index (κ3) is 6.18. The molecule has 1 aromatic carbocycles. The van der Waals surface area contributed by atoms with E-state index in [1.54, 1.807) is 28.4 Å². The molecule has 0 aliphatic carbocycles. The van der Waals surface area contributed by atoms with Gasteiger partial charge in [0.05, 0.1) is 21.3 Å². The fourth-order valence-electron chi connectivity index (χ4n) is 2.43. The number of methoxy groups -OCH3 is 3. The molecule has 0 bridgehead atoms. The first kappa shape index (κ1) is 19.9. The van der Waals surface area contributed by atoms with Crippen molar-refractivity contribution < 1.29 is 14.2 Å². The molecule has 1 rings (SSSR count). The van der Waals surface area contributed by atoms with Crippen LogP contribution in [0, 0.1) is 0 Å². The maximum Gasteiger partial charge on any atom is 0.190 e. The van der Waals surface area contributed by atoms with Crippen LogP contribution in [0.2, 0.25) is 0 Å². The molecule has 0 radical (unpaired) electrons. The molecule has 0 fully saturated rings. The zero-order valence-electron chi connectivity index (χ0n) is 15.6. The Balaban J connectivity index is 2.62. The molecule has 24 heavy (non-hydrogen) atoms. The number of unbranched alkanes of at least 4 members (excludes halogenated alkanes) is 2. The van der Waals surface area contributed by atoms with E-state index in [1.807, 2.05) is 12.1 Å². The number of nitrogens with zero attached hydrogens (tertiary/aromatic N) is 1. The summed E-state index contributed by atoms with van der Waals surface area (Å²) < 4.78 is 16.2. The number of rotatable bonds is 10. The Bertz CT molecular complexity index is 493. The van der Waals surface area contributed by atoms with Crippen molar-refractivity contribution in [2.75, 3.05) is 41.5 Å². The third-order valence-corrected chi connectivity index (χ3v) is 3.78. The van der Waals surface area contributed by atoms with Crippen LogP contribution in [0.1, 0.15) is 31.7 Å². The zero-order valence-corrected chi connectivity index (χ0v) is 15.6. The van der Waals surface area contributed by atoms with Crippen molar-refractivity contribution >= 4 is 5.96 Å². The van der Waals surface area contributed by atoms with Crippen molar-refractivity contribution in [2.45, 2.75) is 32.6 Å². The lowest BCUT2D eigenvalue weighted by Crippen LogP contribution is -2.38. The van der Waals surface area contributed by atoms with Crippen molar-refractivity contribution in [1.82, 2.24) is 10.6 Å². The van der Waals surface area contributed by atoms with Crippen LogP contribution < -0.4 is 24.8 Å². The summed E-state index contributed by atoms with van der Waals surface area (Å²) in [5.41, 5.74) is 1.01. The molecule has 0 spiro atoms. The second kappa shape index (κ2) is 11.4. The lowest BCUT2D eigenvalue weighted by atomic mass is 10.1. The average Bonchev–Trinajstić information content (AvgIpc) is 2.63. The van der Waals surface area contributed by atoms with Crippen LogP contribution in [0.25, 0.3) is 0 Å². The monoisotopic (exact) mass is 337 g/mol. The van der Waals surface area contributed by atoms with E-state index in [2.05, 4.69) is 22.5 Å². The number of ether oxygens (including phenoxy) is 3. The minimum atomic E-state index is 0.716. The number of nitrogens with one attached hydrogen (secondary N) is 2. The minimum Gasteiger partial charge on any atom is -0.496 e. The van der Waals surface area contributed by atoms with Crippen LogP contribution >= 0.6 is 0 Å². The summed E-state index contributed by atoms with van der Waals surface area (Å²) in [5.74, 6) is 3.06. The summed E-state index contributed by atoms with van der Waals surface area (Å²) >= 11 is 0. The van der Waals surface area contributed by atoms with Crippen molar-refractivity contribution in [2.24, 2.45) is 4.99 Å². The Morgan fingerprint density at radius 1 is 0.958 bits per heavy atom. The van der Waals surface area contributed by atoms with Gasteiger partial charge in [-0.2, -0.15) is 0 Å². The molecule has 6 nitrogen and oxygen atoms in total. The topological polar surface area (TPSA) is 64.1 Å². The molecule has 0 aromatic heterocycles. The highest BCUT2D eigenvalue weighted by atomic mass is 16.5. The maximum atomic E-state index is 5.47. The molecule has 136 valence electrons. The van der Waals surface area contributed by atoms with Crippen LogP contribution in [0.3, 0.4) is 0 Å². The van der Waals surface area contributed by atoms with Gasteiger partial charge in [-0.3, -0.25) is 4.99 Å². The fraction of sp³-hybridized carbons (Fsp3) is 0.611. The van der Waals surface area contributed by atoms with E-state index in [4.69, 9.17) is 14.2 Å². The molecule has 0 atom stereocenters. The van der Waals surface area contributed by atoms with Gasteiger partial charge in [0.25, 0.3) is 0 Å². The van der Waals surface area contributed by atoms with Crippen molar-refractivity contribution in [1.29, 1.82) is 0 Å². The molecule has 0 amide bonds. The molecule has 0 unspecified atom stereocenters. The Kier molecular flexibility index (Phi) is 9.49. The first-order valence-electron chi connectivity index (χ1n) is 8.43. The smallest absolute Gasteiger partial charge is 0.190 e. The van der Waals surface area contributed by atoms with Crippen LogP contribution in [0.4, 0.5) is 0 Å². The molecule has 0 aliphatic rings. The standard InChI is InChI=1S/C18H31N3O3/c1-6-7-8-10-20-18(19-2)21-11-9-15-16(23-4)12-14(22-3)13-17(15)24-5/h12-13H,6-11H2,1-5H3,(H2,19,20,21). The lowest BCUT2D eigenvalue weighted by Gasteiger charge is -2.16.